The van der Waals surface area contributed by atoms with Crippen LogP contribution in [0.25, 0.3) is 11.1 Å². The summed E-state index contributed by atoms with van der Waals surface area (Å²) in [6.45, 7) is 1.82. The van der Waals surface area contributed by atoms with Gasteiger partial charge in [-0.05, 0) is 37.7 Å². The van der Waals surface area contributed by atoms with E-state index in [1.807, 2.05) is 32.5 Å². The van der Waals surface area contributed by atoms with Gasteiger partial charge >= 0.3 is 0 Å². The number of hydrogen-bond donors (Lipinski definition) is 3. The molecule has 3 aromatic rings. The molecule has 4 rings (SSSR count). The number of ether oxygens (including phenoxy) is 1. The van der Waals surface area contributed by atoms with Gasteiger partial charge in [0.2, 0.25) is 6.43 Å². The van der Waals surface area contributed by atoms with Gasteiger partial charge in [0.1, 0.15) is 11.9 Å². The first-order valence-corrected chi connectivity index (χ1v) is 11.4. The van der Waals surface area contributed by atoms with E-state index in [1.165, 1.54) is 12.1 Å². The highest BCUT2D eigenvalue weighted by Crippen LogP contribution is 2.39. The van der Waals surface area contributed by atoms with Crippen molar-refractivity contribution >= 4 is 5.82 Å². The molecule has 0 amide bonds. The summed E-state index contributed by atoms with van der Waals surface area (Å²) in [5.41, 5.74) is 10.8. The van der Waals surface area contributed by atoms with Crippen LogP contribution in [-0.4, -0.2) is 35.3 Å². The second-order valence-electron chi connectivity index (χ2n) is 8.60. The van der Waals surface area contributed by atoms with Gasteiger partial charge in [-0.25, -0.2) is 18.2 Å². The molecular formula is C25H30F3N6O+. The second kappa shape index (κ2) is 10.1. The average molecular weight is 488 g/mol. The van der Waals surface area contributed by atoms with Crippen molar-refractivity contribution in [1.82, 2.24) is 20.1 Å². The van der Waals surface area contributed by atoms with Gasteiger partial charge in [-0.3, -0.25) is 4.68 Å². The second-order valence-corrected chi connectivity index (χ2v) is 8.60. The van der Waals surface area contributed by atoms with E-state index in [0.717, 1.165) is 16.8 Å². The fraction of sp³-hybridized carbons (Fsp3) is 0.360. The van der Waals surface area contributed by atoms with Crippen LogP contribution in [-0.2, 0) is 19.9 Å². The van der Waals surface area contributed by atoms with Crippen LogP contribution in [0.2, 0.25) is 0 Å². The van der Waals surface area contributed by atoms with Crippen molar-refractivity contribution in [1.29, 1.82) is 0 Å². The standard InChI is InChI=1S/C25H29F3N6O/c1-13-18-9-16(26)5-6-17(18)24(31-3)15(11-30-2)7-20-23(19(10-22(27)28)33-34(20)4)14-8-21(35-13)25(29)32-12-14/h5-6,8-9,11-13,22,24,30-31H,7,10H2,1-4H3,(H2,29,32)/p+1. The van der Waals surface area contributed by atoms with E-state index < -0.39 is 19.0 Å². The number of aromatic nitrogens is 3. The molecule has 0 aliphatic carbocycles. The highest BCUT2D eigenvalue weighted by molar-refractivity contribution is 5.72. The number of quaternary nitrogens is 1. The van der Waals surface area contributed by atoms with Crippen LogP contribution < -0.4 is 21.1 Å². The molecular weight excluding hydrogens is 457 g/mol. The fourth-order valence-electron chi connectivity index (χ4n) is 4.75. The van der Waals surface area contributed by atoms with Gasteiger partial charge in [-0.15, -0.1) is 0 Å². The van der Waals surface area contributed by atoms with E-state index in [4.69, 9.17) is 10.5 Å². The maximum absolute atomic E-state index is 14.3. The smallest absolute Gasteiger partial charge is 0.244 e. The molecule has 1 aliphatic heterocycles. The summed E-state index contributed by atoms with van der Waals surface area (Å²) in [6.07, 6.45) is 0.351. The zero-order valence-electron chi connectivity index (χ0n) is 20.1. The van der Waals surface area contributed by atoms with Crippen molar-refractivity contribution in [2.24, 2.45) is 7.05 Å². The molecule has 1 aliphatic rings. The van der Waals surface area contributed by atoms with Gasteiger partial charge < -0.3 is 21.1 Å². The first-order valence-electron chi connectivity index (χ1n) is 11.4. The third-order valence-electron chi connectivity index (χ3n) is 6.27. The summed E-state index contributed by atoms with van der Waals surface area (Å²) >= 11 is 0. The van der Waals surface area contributed by atoms with Gasteiger partial charge in [0.05, 0.1) is 37.1 Å². The summed E-state index contributed by atoms with van der Waals surface area (Å²) < 4.78 is 49.1. The van der Waals surface area contributed by atoms with Gasteiger partial charge in [0.25, 0.3) is 0 Å². The van der Waals surface area contributed by atoms with Crippen LogP contribution in [0.5, 0.6) is 5.75 Å². The van der Waals surface area contributed by atoms with Crippen molar-refractivity contribution in [3.05, 3.63) is 70.6 Å². The zero-order chi connectivity index (χ0) is 25.3. The zero-order valence-corrected chi connectivity index (χ0v) is 20.1. The number of anilines is 1. The average Bonchev–Trinajstić information content (AvgIpc) is 3.09. The SMILES string of the molecule is CNC1C(=C[NH2+]C)Cc2c(c(CC(F)F)nn2C)-c2cnc(N)c(c2)OC(C)c2cc(F)ccc21. The van der Waals surface area contributed by atoms with Crippen molar-refractivity contribution in [2.75, 3.05) is 19.8 Å². The highest BCUT2D eigenvalue weighted by Gasteiger charge is 2.29. The summed E-state index contributed by atoms with van der Waals surface area (Å²) in [6, 6.07) is 6.03. The largest absolute Gasteiger partial charge is 0.482 e. The van der Waals surface area contributed by atoms with E-state index in [0.29, 0.717) is 28.9 Å². The van der Waals surface area contributed by atoms with E-state index in [9.17, 15) is 13.2 Å². The first kappa shape index (κ1) is 24.7. The molecule has 2 aromatic heterocycles. The molecule has 186 valence electrons. The third kappa shape index (κ3) is 4.89. The minimum absolute atomic E-state index is 0.155. The number of hydrogen-bond acceptors (Lipinski definition) is 5. The number of likely N-dealkylation sites (N-methyl/N-ethyl adjacent to an activating group) is 1. The number of fused-ring (bicyclic) bond motifs is 5. The van der Waals surface area contributed by atoms with Crippen LogP contribution >= 0.6 is 0 Å². The Hall–Kier alpha value is -3.37. The number of aryl methyl sites for hydroxylation is 1. The number of nitrogens with two attached hydrogens (primary N) is 2. The minimum atomic E-state index is -2.56. The Morgan fingerprint density at radius 1 is 1.31 bits per heavy atom. The molecule has 2 bridgehead atoms. The molecule has 35 heavy (non-hydrogen) atoms. The predicted octanol–water partition coefficient (Wildman–Crippen LogP) is 3.04. The lowest BCUT2D eigenvalue weighted by atomic mass is 9.88. The number of alkyl halides is 2. The maximum Gasteiger partial charge on any atom is 0.244 e. The van der Waals surface area contributed by atoms with E-state index >= 15 is 0 Å². The monoisotopic (exact) mass is 487 g/mol. The molecule has 2 atom stereocenters. The van der Waals surface area contributed by atoms with Crippen molar-refractivity contribution in [3.63, 3.8) is 0 Å². The third-order valence-corrected chi connectivity index (χ3v) is 6.27. The number of halogens is 3. The Morgan fingerprint density at radius 2 is 2.09 bits per heavy atom. The lowest BCUT2D eigenvalue weighted by molar-refractivity contribution is -0.557. The normalized spacial score (nSPS) is 19.0. The molecule has 1 aromatic carbocycles. The number of nitrogens with one attached hydrogen (secondary N) is 1. The Bertz CT molecular complexity index is 1260. The first-order chi connectivity index (χ1) is 16.7. The van der Waals surface area contributed by atoms with E-state index in [-0.39, 0.29) is 23.4 Å². The number of benzene rings is 1. The molecule has 3 heterocycles. The Kier molecular flexibility index (Phi) is 7.13. The summed E-state index contributed by atoms with van der Waals surface area (Å²) in [5, 5.41) is 9.71. The van der Waals surface area contributed by atoms with Crippen LogP contribution in [0.15, 0.2) is 42.2 Å². The molecule has 0 spiro atoms. The van der Waals surface area contributed by atoms with E-state index in [2.05, 4.69) is 15.4 Å². The van der Waals surface area contributed by atoms with Crippen LogP contribution in [0.1, 0.15) is 41.6 Å². The van der Waals surface area contributed by atoms with Gasteiger partial charge in [0, 0.05) is 41.9 Å². The van der Waals surface area contributed by atoms with Crippen molar-refractivity contribution < 1.29 is 23.2 Å². The fourth-order valence-corrected chi connectivity index (χ4v) is 4.75. The Labute approximate surface area is 202 Å². The van der Waals surface area contributed by atoms with Gasteiger partial charge in [-0.1, -0.05) is 6.07 Å². The molecule has 0 fully saturated rings. The number of nitrogen functional groups attached to an aromatic ring is 1. The summed E-state index contributed by atoms with van der Waals surface area (Å²) in [7, 11) is 5.49. The van der Waals surface area contributed by atoms with Crippen LogP contribution in [0.3, 0.4) is 0 Å². The molecule has 7 nitrogen and oxygen atoms in total. The summed E-state index contributed by atoms with van der Waals surface area (Å²) in [4.78, 5) is 4.27. The van der Waals surface area contributed by atoms with Crippen molar-refractivity contribution in [2.45, 2.75) is 38.3 Å². The lowest BCUT2D eigenvalue weighted by Gasteiger charge is -2.27. The van der Waals surface area contributed by atoms with Crippen molar-refractivity contribution in [3.8, 4) is 16.9 Å². The Balaban J connectivity index is 2.02. The summed E-state index contributed by atoms with van der Waals surface area (Å²) in [5.74, 6) is 0.0733. The van der Waals surface area contributed by atoms with Crippen LogP contribution in [0.4, 0.5) is 19.0 Å². The maximum atomic E-state index is 14.3. The Morgan fingerprint density at radius 3 is 2.77 bits per heavy atom. The topological polar surface area (TPSA) is 94.6 Å². The molecule has 10 heteroatoms. The minimum Gasteiger partial charge on any atom is -0.482 e. The highest BCUT2D eigenvalue weighted by atomic mass is 19.3. The van der Waals surface area contributed by atoms with Gasteiger partial charge in [-0.2, -0.15) is 5.10 Å². The quantitative estimate of drug-likeness (QED) is 0.526. The number of nitrogens with zero attached hydrogens (tertiary/aromatic N) is 3. The number of pyridine rings is 1. The molecule has 5 N–H and O–H groups in total. The predicted molar refractivity (Wildman–Crippen MR) is 127 cm³/mol. The molecule has 0 saturated carbocycles. The molecule has 2 unspecified atom stereocenters. The van der Waals surface area contributed by atoms with Crippen LogP contribution in [0, 0.1) is 5.82 Å². The van der Waals surface area contributed by atoms with E-state index in [1.54, 1.807) is 30.1 Å². The molecule has 0 saturated heterocycles. The molecule has 0 radical (unpaired) electrons. The van der Waals surface area contributed by atoms with Gasteiger partial charge in [0.15, 0.2) is 11.6 Å². The lowest BCUT2D eigenvalue weighted by Crippen LogP contribution is -2.73. The number of rotatable bonds is 4.